The normalized spacial score (nSPS) is 15.6. The summed E-state index contributed by atoms with van der Waals surface area (Å²) < 4.78 is 5.52. The Balaban J connectivity index is 1.62. The number of hydrogen-bond donors (Lipinski definition) is 2. The predicted octanol–water partition coefficient (Wildman–Crippen LogP) is 4.54. The average molecular weight is 375 g/mol. The number of methoxy groups -OCH3 is 1. The molecular formula is C21H27ClN2O2. The molecule has 0 heterocycles. The average Bonchev–Trinajstić information content (AvgIpc) is 2.94. The zero-order chi connectivity index (χ0) is 18.4. The van der Waals surface area contributed by atoms with E-state index in [2.05, 4.69) is 10.6 Å². The second-order valence-corrected chi connectivity index (χ2v) is 7.29. The van der Waals surface area contributed by atoms with Crippen LogP contribution < -0.4 is 15.4 Å². The zero-order valence-corrected chi connectivity index (χ0v) is 16.1. The minimum atomic E-state index is -0.155. The summed E-state index contributed by atoms with van der Waals surface area (Å²) in [6.07, 6.45) is 7.77. The first kappa shape index (κ1) is 19.0. The smallest absolute Gasteiger partial charge is 0.255 e. The van der Waals surface area contributed by atoms with Gasteiger partial charge < -0.3 is 15.4 Å². The highest BCUT2D eigenvalue weighted by Crippen LogP contribution is 2.34. The number of hydrogen-bond acceptors (Lipinski definition) is 3. The summed E-state index contributed by atoms with van der Waals surface area (Å²) in [6, 6.07) is 9.96. The van der Waals surface area contributed by atoms with Gasteiger partial charge in [-0.1, -0.05) is 61.5 Å². The number of halogens is 1. The summed E-state index contributed by atoms with van der Waals surface area (Å²) in [7, 11) is 1.58. The Morgan fingerprint density at radius 2 is 1.81 bits per heavy atom. The number of carbonyl (C=O) groups is 1. The van der Waals surface area contributed by atoms with Gasteiger partial charge in [0.05, 0.1) is 12.7 Å². The molecule has 5 heteroatoms. The van der Waals surface area contributed by atoms with Gasteiger partial charge in [-0.2, -0.15) is 0 Å². The second-order valence-electron chi connectivity index (χ2n) is 6.88. The topological polar surface area (TPSA) is 50.4 Å². The standard InChI is InChI=1S/C21H27ClN2O2/c1-26-20-17-11-7-6-10-16(17)19(22)14-18(20)21(25)24-13-12-23-15-8-4-2-3-5-9-15/h6-7,10-11,14-15,23H,2-5,8-9,12-13H2,1H3,(H,24,25). The third kappa shape index (κ3) is 4.49. The van der Waals surface area contributed by atoms with Crippen LogP contribution in [0, 0.1) is 0 Å². The van der Waals surface area contributed by atoms with E-state index in [0.29, 0.717) is 28.9 Å². The first-order valence-electron chi connectivity index (χ1n) is 9.47. The van der Waals surface area contributed by atoms with E-state index >= 15 is 0 Å². The summed E-state index contributed by atoms with van der Waals surface area (Å²) in [6.45, 7) is 1.36. The maximum Gasteiger partial charge on any atom is 0.255 e. The minimum Gasteiger partial charge on any atom is -0.495 e. The molecule has 1 fully saturated rings. The van der Waals surface area contributed by atoms with Gasteiger partial charge in [0.2, 0.25) is 0 Å². The Bertz CT molecular complexity index is 755. The van der Waals surface area contributed by atoms with E-state index in [4.69, 9.17) is 16.3 Å². The number of ether oxygens (including phenoxy) is 1. The molecule has 0 bridgehead atoms. The van der Waals surface area contributed by atoms with Crippen LogP contribution in [0.25, 0.3) is 10.8 Å². The zero-order valence-electron chi connectivity index (χ0n) is 15.3. The number of rotatable bonds is 6. The quantitative estimate of drug-likeness (QED) is 0.576. The van der Waals surface area contributed by atoms with Crippen molar-refractivity contribution in [3.05, 3.63) is 40.9 Å². The van der Waals surface area contributed by atoms with Gasteiger partial charge in [-0.25, -0.2) is 0 Å². The highest BCUT2D eigenvalue weighted by Gasteiger charge is 2.17. The fourth-order valence-electron chi connectivity index (χ4n) is 3.72. The van der Waals surface area contributed by atoms with Crippen molar-refractivity contribution in [2.45, 2.75) is 44.6 Å². The van der Waals surface area contributed by atoms with Gasteiger partial charge in [-0.3, -0.25) is 4.79 Å². The highest BCUT2D eigenvalue weighted by atomic mass is 35.5. The summed E-state index contributed by atoms with van der Waals surface area (Å²) >= 11 is 6.37. The third-order valence-electron chi connectivity index (χ3n) is 5.09. The van der Waals surface area contributed by atoms with Crippen LogP contribution >= 0.6 is 11.6 Å². The van der Waals surface area contributed by atoms with Crippen molar-refractivity contribution in [2.24, 2.45) is 0 Å². The molecule has 0 atom stereocenters. The number of amides is 1. The molecule has 0 spiro atoms. The highest BCUT2D eigenvalue weighted by molar-refractivity contribution is 6.36. The predicted molar refractivity (Wildman–Crippen MR) is 107 cm³/mol. The van der Waals surface area contributed by atoms with E-state index < -0.39 is 0 Å². The Kier molecular flexibility index (Phi) is 6.75. The second kappa shape index (κ2) is 9.24. The lowest BCUT2D eigenvalue weighted by atomic mass is 10.0. The van der Waals surface area contributed by atoms with Crippen molar-refractivity contribution in [1.29, 1.82) is 0 Å². The molecule has 26 heavy (non-hydrogen) atoms. The van der Waals surface area contributed by atoms with Crippen LogP contribution in [0.1, 0.15) is 48.9 Å². The van der Waals surface area contributed by atoms with E-state index in [1.807, 2.05) is 24.3 Å². The maximum atomic E-state index is 12.6. The summed E-state index contributed by atoms with van der Waals surface area (Å²) in [5.41, 5.74) is 0.477. The fraction of sp³-hybridized carbons (Fsp3) is 0.476. The molecule has 1 aliphatic carbocycles. The molecule has 2 N–H and O–H groups in total. The molecule has 1 saturated carbocycles. The van der Waals surface area contributed by atoms with Gasteiger partial charge in [0.15, 0.2) is 0 Å². The Morgan fingerprint density at radius 1 is 1.12 bits per heavy atom. The summed E-state index contributed by atoms with van der Waals surface area (Å²) in [5.74, 6) is 0.413. The lowest BCUT2D eigenvalue weighted by Gasteiger charge is -2.17. The van der Waals surface area contributed by atoms with Crippen molar-refractivity contribution < 1.29 is 9.53 Å². The molecular weight excluding hydrogens is 348 g/mol. The third-order valence-corrected chi connectivity index (χ3v) is 5.40. The summed E-state index contributed by atoms with van der Waals surface area (Å²) in [4.78, 5) is 12.6. The van der Waals surface area contributed by atoms with E-state index in [9.17, 15) is 4.79 Å². The van der Waals surface area contributed by atoms with Crippen LogP contribution in [0.15, 0.2) is 30.3 Å². The van der Waals surface area contributed by atoms with Gasteiger partial charge in [-0.05, 0) is 18.9 Å². The van der Waals surface area contributed by atoms with Crippen molar-refractivity contribution in [3.8, 4) is 5.75 Å². The Hall–Kier alpha value is -1.78. The lowest BCUT2D eigenvalue weighted by Crippen LogP contribution is -2.37. The number of nitrogens with one attached hydrogen (secondary N) is 2. The molecule has 140 valence electrons. The Labute approximate surface area is 160 Å². The van der Waals surface area contributed by atoms with Gasteiger partial charge >= 0.3 is 0 Å². The van der Waals surface area contributed by atoms with Gasteiger partial charge in [0.25, 0.3) is 5.91 Å². The molecule has 0 saturated heterocycles. The van der Waals surface area contributed by atoms with Gasteiger partial charge in [0, 0.05) is 34.9 Å². The molecule has 0 aliphatic heterocycles. The molecule has 0 radical (unpaired) electrons. The van der Waals surface area contributed by atoms with Crippen molar-refractivity contribution in [3.63, 3.8) is 0 Å². The van der Waals surface area contributed by atoms with Crippen LogP contribution in [0.3, 0.4) is 0 Å². The van der Waals surface area contributed by atoms with Gasteiger partial charge in [-0.15, -0.1) is 0 Å². The molecule has 1 amide bonds. The van der Waals surface area contributed by atoms with Crippen LogP contribution in [-0.2, 0) is 0 Å². The van der Waals surface area contributed by atoms with Crippen molar-refractivity contribution in [2.75, 3.05) is 20.2 Å². The number of carbonyl (C=O) groups excluding carboxylic acids is 1. The van der Waals surface area contributed by atoms with E-state index in [-0.39, 0.29) is 5.91 Å². The minimum absolute atomic E-state index is 0.155. The molecule has 3 rings (SSSR count). The van der Waals surface area contributed by atoms with Crippen LogP contribution in [-0.4, -0.2) is 32.1 Å². The van der Waals surface area contributed by atoms with E-state index in [1.165, 1.54) is 38.5 Å². The molecule has 0 unspecified atom stereocenters. The number of benzene rings is 2. The molecule has 1 aliphatic rings. The largest absolute Gasteiger partial charge is 0.495 e. The van der Waals surface area contributed by atoms with Gasteiger partial charge in [0.1, 0.15) is 5.75 Å². The van der Waals surface area contributed by atoms with E-state index in [1.54, 1.807) is 13.2 Å². The SMILES string of the molecule is COc1c(C(=O)NCCNC2CCCCCC2)cc(Cl)c2ccccc12. The fourth-order valence-corrected chi connectivity index (χ4v) is 4.00. The summed E-state index contributed by atoms with van der Waals surface area (Å²) in [5, 5.41) is 8.84. The van der Waals surface area contributed by atoms with Crippen LogP contribution in [0.4, 0.5) is 0 Å². The van der Waals surface area contributed by atoms with Crippen LogP contribution in [0.2, 0.25) is 5.02 Å². The first-order chi connectivity index (χ1) is 12.7. The Morgan fingerprint density at radius 3 is 2.50 bits per heavy atom. The maximum absolute atomic E-state index is 12.6. The molecule has 2 aromatic carbocycles. The van der Waals surface area contributed by atoms with Crippen molar-refractivity contribution in [1.82, 2.24) is 10.6 Å². The molecule has 0 aromatic heterocycles. The van der Waals surface area contributed by atoms with Crippen LogP contribution in [0.5, 0.6) is 5.75 Å². The van der Waals surface area contributed by atoms with Crippen molar-refractivity contribution >= 4 is 28.3 Å². The molecule has 2 aromatic rings. The molecule has 4 nitrogen and oxygen atoms in total. The monoisotopic (exact) mass is 374 g/mol. The van der Waals surface area contributed by atoms with E-state index in [0.717, 1.165) is 17.3 Å². The lowest BCUT2D eigenvalue weighted by molar-refractivity contribution is 0.0950. The first-order valence-corrected chi connectivity index (χ1v) is 9.85. The number of fused-ring (bicyclic) bond motifs is 1.